The number of carbonyl (C=O) groups excluding carboxylic acids is 1. The highest BCUT2D eigenvalue weighted by Crippen LogP contribution is 2.23. The van der Waals surface area contributed by atoms with Crippen LogP contribution >= 0.6 is 0 Å². The fourth-order valence-corrected chi connectivity index (χ4v) is 2.61. The molecule has 2 heterocycles. The number of hydrogen-bond donors (Lipinski definition) is 1. The summed E-state index contributed by atoms with van der Waals surface area (Å²) >= 11 is 0. The highest BCUT2D eigenvalue weighted by molar-refractivity contribution is 5.79. The molecule has 1 aromatic rings. The largest absolute Gasteiger partial charge is 0.361 e. The summed E-state index contributed by atoms with van der Waals surface area (Å²) < 4.78 is 5.08. The fraction of sp³-hybridized carbons (Fsp3) is 0.714. The van der Waals surface area contributed by atoms with Gasteiger partial charge in [0.25, 0.3) is 0 Å². The molecular formula is C14H21N3O2. The molecule has 3 rings (SSSR count). The highest BCUT2D eigenvalue weighted by atomic mass is 16.5. The van der Waals surface area contributed by atoms with E-state index < -0.39 is 0 Å². The zero-order valence-electron chi connectivity index (χ0n) is 11.4. The molecule has 0 aromatic carbocycles. The van der Waals surface area contributed by atoms with Gasteiger partial charge >= 0.3 is 0 Å². The molecule has 1 amide bonds. The zero-order valence-corrected chi connectivity index (χ0v) is 11.4. The first-order chi connectivity index (χ1) is 9.22. The normalized spacial score (nSPS) is 21.5. The van der Waals surface area contributed by atoms with Crippen molar-refractivity contribution in [3.05, 3.63) is 17.5 Å². The number of rotatable bonds is 4. The Bertz CT molecular complexity index is 445. The summed E-state index contributed by atoms with van der Waals surface area (Å²) in [6.45, 7) is 4.78. The Kier molecular flexibility index (Phi) is 3.55. The maximum Gasteiger partial charge on any atom is 0.223 e. The summed E-state index contributed by atoms with van der Waals surface area (Å²) in [4.78, 5) is 14.3. The number of likely N-dealkylation sites (tertiary alicyclic amines) is 1. The molecule has 2 aliphatic rings. The molecule has 1 saturated heterocycles. The van der Waals surface area contributed by atoms with E-state index in [1.54, 1.807) is 6.20 Å². The monoisotopic (exact) mass is 263 g/mol. The van der Waals surface area contributed by atoms with Gasteiger partial charge in [-0.3, -0.25) is 9.69 Å². The summed E-state index contributed by atoms with van der Waals surface area (Å²) in [5.41, 5.74) is 1.15. The van der Waals surface area contributed by atoms with Crippen molar-refractivity contribution in [2.45, 2.75) is 45.2 Å². The van der Waals surface area contributed by atoms with E-state index >= 15 is 0 Å². The van der Waals surface area contributed by atoms with Crippen molar-refractivity contribution in [2.75, 3.05) is 13.1 Å². The van der Waals surface area contributed by atoms with Crippen LogP contribution < -0.4 is 5.32 Å². The molecule has 1 aromatic heterocycles. The minimum absolute atomic E-state index is 0.209. The molecule has 5 heteroatoms. The first kappa shape index (κ1) is 12.7. The number of hydrogen-bond acceptors (Lipinski definition) is 4. The van der Waals surface area contributed by atoms with Gasteiger partial charge in [-0.05, 0) is 45.7 Å². The highest BCUT2D eigenvalue weighted by Gasteiger charge is 2.30. The first-order valence-corrected chi connectivity index (χ1v) is 7.15. The van der Waals surface area contributed by atoms with E-state index in [1.807, 2.05) is 6.92 Å². The van der Waals surface area contributed by atoms with Crippen LogP contribution in [0.5, 0.6) is 0 Å². The summed E-state index contributed by atoms with van der Waals surface area (Å²) in [6.07, 6.45) is 6.04. The van der Waals surface area contributed by atoms with E-state index in [2.05, 4.69) is 15.4 Å². The van der Waals surface area contributed by atoms with E-state index in [1.165, 1.54) is 0 Å². The van der Waals surface area contributed by atoms with Crippen LogP contribution in [0, 0.1) is 12.8 Å². The molecule has 0 radical (unpaired) electrons. The van der Waals surface area contributed by atoms with Crippen LogP contribution in [0.25, 0.3) is 0 Å². The van der Waals surface area contributed by atoms with Gasteiger partial charge in [-0.25, -0.2) is 0 Å². The third-order valence-electron chi connectivity index (χ3n) is 4.13. The predicted octanol–water partition coefficient (Wildman–Crippen LogP) is 1.47. The van der Waals surface area contributed by atoms with Crippen LogP contribution in [-0.2, 0) is 11.3 Å². The van der Waals surface area contributed by atoms with Crippen LogP contribution in [0.4, 0.5) is 0 Å². The minimum atomic E-state index is 0.209. The van der Waals surface area contributed by atoms with Gasteiger partial charge in [0.05, 0.1) is 6.20 Å². The van der Waals surface area contributed by atoms with Crippen LogP contribution in [0.15, 0.2) is 10.7 Å². The molecule has 0 atom stereocenters. The smallest absolute Gasteiger partial charge is 0.223 e. The number of nitrogens with zero attached hydrogens (tertiary/aromatic N) is 2. The van der Waals surface area contributed by atoms with Gasteiger partial charge in [0.15, 0.2) is 0 Å². The maximum atomic E-state index is 12.0. The molecule has 2 fully saturated rings. The predicted molar refractivity (Wildman–Crippen MR) is 70.4 cm³/mol. The Hall–Kier alpha value is -1.36. The molecule has 0 bridgehead atoms. The van der Waals surface area contributed by atoms with Crippen LogP contribution in [0.2, 0.25) is 0 Å². The third kappa shape index (κ3) is 3.15. The van der Waals surface area contributed by atoms with Crippen LogP contribution in [0.3, 0.4) is 0 Å². The van der Waals surface area contributed by atoms with Crippen molar-refractivity contribution < 1.29 is 9.32 Å². The Morgan fingerprint density at radius 3 is 2.74 bits per heavy atom. The van der Waals surface area contributed by atoms with Crippen molar-refractivity contribution in [1.82, 2.24) is 15.4 Å². The summed E-state index contributed by atoms with van der Waals surface area (Å²) in [5.74, 6) is 1.37. The fourth-order valence-electron chi connectivity index (χ4n) is 2.61. The van der Waals surface area contributed by atoms with Crippen molar-refractivity contribution >= 4 is 5.91 Å². The van der Waals surface area contributed by atoms with Gasteiger partial charge in [-0.2, -0.15) is 0 Å². The van der Waals surface area contributed by atoms with Gasteiger partial charge in [-0.15, -0.1) is 0 Å². The molecule has 104 valence electrons. The Morgan fingerprint density at radius 2 is 2.16 bits per heavy atom. The van der Waals surface area contributed by atoms with E-state index in [-0.39, 0.29) is 11.8 Å². The number of amides is 1. The quantitative estimate of drug-likeness (QED) is 0.893. The number of carbonyl (C=O) groups is 1. The second-order valence-electron chi connectivity index (χ2n) is 5.74. The number of aromatic nitrogens is 1. The van der Waals surface area contributed by atoms with E-state index in [0.29, 0.717) is 6.04 Å². The molecule has 0 spiro atoms. The average molecular weight is 263 g/mol. The van der Waals surface area contributed by atoms with Gasteiger partial charge in [-0.1, -0.05) is 5.16 Å². The van der Waals surface area contributed by atoms with E-state index in [0.717, 1.165) is 56.6 Å². The molecule has 19 heavy (non-hydrogen) atoms. The van der Waals surface area contributed by atoms with Crippen molar-refractivity contribution in [1.29, 1.82) is 0 Å². The SMILES string of the molecule is Cc1oncc1CN1CCC(C(=O)NC2CC2)CC1. The van der Waals surface area contributed by atoms with Crippen molar-refractivity contribution in [2.24, 2.45) is 5.92 Å². The molecule has 1 saturated carbocycles. The summed E-state index contributed by atoms with van der Waals surface area (Å²) in [5, 5.41) is 6.91. The second kappa shape index (κ2) is 5.33. The molecular weight excluding hydrogens is 242 g/mol. The Labute approximate surface area is 113 Å². The Balaban J connectivity index is 1.46. The lowest BCUT2D eigenvalue weighted by Gasteiger charge is -2.31. The van der Waals surface area contributed by atoms with E-state index in [9.17, 15) is 4.79 Å². The average Bonchev–Trinajstić information content (AvgIpc) is 3.14. The van der Waals surface area contributed by atoms with E-state index in [4.69, 9.17) is 4.52 Å². The zero-order chi connectivity index (χ0) is 13.2. The van der Waals surface area contributed by atoms with Crippen LogP contribution in [0.1, 0.15) is 37.0 Å². The summed E-state index contributed by atoms with van der Waals surface area (Å²) in [7, 11) is 0. The lowest BCUT2D eigenvalue weighted by molar-refractivity contribution is -0.126. The maximum absolute atomic E-state index is 12.0. The minimum Gasteiger partial charge on any atom is -0.361 e. The topological polar surface area (TPSA) is 58.4 Å². The van der Waals surface area contributed by atoms with Gasteiger partial charge in [0.1, 0.15) is 5.76 Å². The summed E-state index contributed by atoms with van der Waals surface area (Å²) in [6, 6.07) is 0.477. The number of nitrogens with one attached hydrogen (secondary N) is 1. The van der Waals surface area contributed by atoms with Gasteiger partial charge in [0.2, 0.25) is 5.91 Å². The Morgan fingerprint density at radius 1 is 1.42 bits per heavy atom. The van der Waals surface area contributed by atoms with Crippen molar-refractivity contribution in [3.8, 4) is 0 Å². The number of piperidine rings is 1. The molecule has 5 nitrogen and oxygen atoms in total. The first-order valence-electron chi connectivity index (χ1n) is 7.15. The third-order valence-corrected chi connectivity index (χ3v) is 4.13. The number of aryl methyl sites for hydroxylation is 1. The second-order valence-corrected chi connectivity index (χ2v) is 5.74. The lowest BCUT2D eigenvalue weighted by Crippen LogP contribution is -2.40. The van der Waals surface area contributed by atoms with Gasteiger partial charge < -0.3 is 9.84 Å². The molecule has 1 aliphatic heterocycles. The van der Waals surface area contributed by atoms with Crippen LogP contribution in [-0.4, -0.2) is 35.1 Å². The molecule has 1 N–H and O–H groups in total. The standard InChI is InChI=1S/C14H21N3O2/c1-10-12(8-15-19-10)9-17-6-4-11(5-7-17)14(18)16-13-2-3-13/h8,11,13H,2-7,9H2,1H3,(H,16,18). The molecule has 1 aliphatic carbocycles. The lowest BCUT2D eigenvalue weighted by atomic mass is 9.95. The van der Waals surface area contributed by atoms with Gasteiger partial charge in [0, 0.05) is 24.1 Å². The van der Waals surface area contributed by atoms with Crippen molar-refractivity contribution in [3.63, 3.8) is 0 Å². The molecule has 0 unspecified atom stereocenters.